The normalized spacial score (nSPS) is 10.9. The van der Waals surface area contributed by atoms with E-state index < -0.39 is 0 Å². The van der Waals surface area contributed by atoms with Crippen LogP contribution in [0.2, 0.25) is 0 Å². The van der Waals surface area contributed by atoms with Gasteiger partial charge in [0, 0.05) is 18.7 Å². The van der Waals surface area contributed by atoms with E-state index in [1.54, 1.807) is 13.3 Å². The van der Waals surface area contributed by atoms with Crippen LogP contribution in [0.25, 0.3) is 5.76 Å². The number of methoxy groups -OCH3 is 1. The standard InChI is InChI=1S/C11H13NO2/c1-9(13)12-8-11(14-2)10-6-4-3-5-7-10/h3-8H,1-2H3,(H,12,13)/b11-8+. The minimum absolute atomic E-state index is 0.115. The molecule has 1 amide bonds. The van der Waals surface area contributed by atoms with E-state index in [9.17, 15) is 4.79 Å². The Balaban J connectivity index is 2.82. The number of hydrogen-bond acceptors (Lipinski definition) is 2. The van der Waals surface area contributed by atoms with E-state index in [1.165, 1.54) is 6.92 Å². The fourth-order valence-electron chi connectivity index (χ4n) is 1.03. The van der Waals surface area contributed by atoms with Crippen molar-refractivity contribution in [2.24, 2.45) is 0 Å². The molecule has 0 atom stereocenters. The smallest absolute Gasteiger partial charge is 0.220 e. The number of rotatable bonds is 3. The van der Waals surface area contributed by atoms with Crippen molar-refractivity contribution in [2.75, 3.05) is 7.11 Å². The van der Waals surface area contributed by atoms with Crippen molar-refractivity contribution >= 4 is 11.7 Å². The second kappa shape index (κ2) is 5.07. The van der Waals surface area contributed by atoms with Crippen LogP contribution in [0.1, 0.15) is 12.5 Å². The molecule has 1 aromatic rings. The van der Waals surface area contributed by atoms with Gasteiger partial charge < -0.3 is 10.1 Å². The number of hydrogen-bond donors (Lipinski definition) is 1. The summed E-state index contributed by atoms with van der Waals surface area (Å²) in [7, 11) is 1.57. The van der Waals surface area contributed by atoms with Gasteiger partial charge in [0.05, 0.1) is 7.11 Å². The van der Waals surface area contributed by atoms with Crippen LogP contribution in [-0.4, -0.2) is 13.0 Å². The average Bonchev–Trinajstić information content (AvgIpc) is 2.20. The zero-order valence-electron chi connectivity index (χ0n) is 8.28. The van der Waals surface area contributed by atoms with Gasteiger partial charge in [0.1, 0.15) is 5.76 Å². The molecule has 3 nitrogen and oxygen atoms in total. The molecule has 0 bridgehead atoms. The highest BCUT2D eigenvalue weighted by molar-refractivity contribution is 5.76. The van der Waals surface area contributed by atoms with Gasteiger partial charge in [-0.15, -0.1) is 0 Å². The molecule has 0 aliphatic carbocycles. The second-order valence-corrected chi connectivity index (χ2v) is 2.78. The van der Waals surface area contributed by atoms with Crippen molar-refractivity contribution in [3.05, 3.63) is 42.1 Å². The van der Waals surface area contributed by atoms with E-state index >= 15 is 0 Å². The Kier molecular flexibility index (Phi) is 3.73. The van der Waals surface area contributed by atoms with Gasteiger partial charge in [-0.1, -0.05) is 30.3 Å². The molecule has 0 heterocycles. The first-order valence-electron chi connectivity index (χ1n) is 4.30. The molecule has 0 aliphatic rings. The van der Waals surface area contributed by atoms with Gasteiger partial charge in [-0.3, -0.25) is 4.79 Å². The molecule has 0 aromatic heterocycles. The third-order valence-corrected chi connectivity index (χ3v) is 1.68. The van der Waals surface area contributed by atoms with Gasteiger partial charge in [-0.2, -0.15) is 0 Å². The van der Waals surface area contributed by atoms with Crippen LogP contribution in [0.3, 0.4) is 0 Å². The molecular formula is C11H13NO2. The minimum atomic E-state index is -0.115. The summed E-state index contributed by atoms with van der Waals surface area (Å²) in [5, 5.41) is 2.57. The Morgan fingerprint density at radius 1 is 1.36 bits per heavy atom. The van der Waals surface area contributed by atoms with Crippen LogP contribution in [0, 0.1) is 0 Å². The molecule has 0 saturated carbocycles. The zero-order chi connectivity index (χ0) is 10.4. The number of carbonyl (C=O) groups excluding carboxylic acids is 1. The summed E-state index contributed by atoms with van der Waals surface area (Å²) in [4.78, 5) is 10.7. The van der Waals surface area contributed by atoms with Crippen LogP contribution in [0.5, 0.6) is 0 Å². The van der Waals surface area contributed by atoms with Gasteiger partial charge in [-0.25, -0.2) is 0 Å². The third-order valence-electron chi connectivity index (χ3n) is 1.68. The largest absolute Gasteiger partial charge is 0.495 e. The number of ether oxygens (including phenoxy) is 1. The third kappa shape index (κ3) is 2.94. The summed E-state index contributed by atoms with van der Waals surface area (Å²) in [6.07, 6.45) is 1.55. The molecule has 0 radical (unpaired) electrons. The summed E-state index contributed by atoms with van der Waals surface area (Å²) < 4.78 is 5.13. The molecule has 1 aromatic carbocycles. The molecule has 0 saturated heterocycles. The molecular weight excluding hydrogens is 178 g/mol. The fraction of sp³-hybridized carbons (Fsp3) is 0.182. The average molecular weight is 191 g/mol. The van der Waals surface area contributed by atoms with Crippen LogP contribution in [-0.2, 0) is 9.53 Å². The van der Waals surface area contributed by atoms with E-state index in [-0.39, 0.29) is 5.91 Å². The number of nitrogens with one attached hydrogen (secondary N) is 1. The maximum Gasteiger partial charge on any atom is 0.220 e. The van der Waals surface area contributed by atoms with E-state index in [2.05, 4.69) is 5.32 Å². The van der Waals surface area contributed by atoms with Crippen molar-refractivity contribution in [3.63, 3.8) is 0 Å². The molecule has 0 unspecified atom stereocenters. The van der Waals surface area contributed by atoms with Crippen LogP contribution in [0.15, 0.2) is 36.5 Å². The summed E-state index contributed by atoms with van der Waals surface area (Å²) in [5.74, 6) is 0.524. The van der Waals surface area contributed by atoms with Crippen LogP contribution >= 0.6 is 0 Å². The van der Waals surface area contributed by atoms with Gasteiger partial charge >= 0.3 is 0 Å². The zero-order valence-corrected chi connectivity index (χ0v) is 8.28. The predicted octanol–water partition coefficient (Wildman–Crippen LogP) is 1.77. The molecule has 1 N–H and O–H groups in total. The highest BCUT2D eigenvalue weighted by Gasteiger charge is 1.99. The Labute approximate surface area is 83.4 Å². The van der Waals surface area contributed by atoms with E-state index in [4.69, 9.17) is 4.74 Å². The summed E-state index contributed by atoms with van der Waals surface area (Å²) >= 11 is 0. The molecule has 0 spiro atoms. The maximum atomic E-state index is 10.7. The van der Waals surface area contributed by atoms with Gasteiger partial charge in [0.2, 0.25) is 5.91 Å². The van der Waals surface area contributed by atoms with Crippen LogP contribution in [0.4, 0.5) is 0 Å². The van der Waals surface area contributed by atoms with Gasteiger partial charge in [0.15, 0.2) is 0 Å². The van der Waals surface area contributed by atoms with Crippen molar-refractivity contribution in [3.8, 4) is 0 Å². The highest BCUT2D eigenvalue weighted by atomic mass is 16.5. The summed E-state index contributed by atoms with van der Waals surface area (Å²) in [6.45, 7) is 1.45. The molecule has 14 heavy (non-hydrogen) atoms. The molecule has 3 heteroatoms. The van der Waals surface area contributed by atoms with Crippen molar-refractivity contribution in [1.29, 1.82) is 0 Å². The minimum Gasteiger partial charge on any atom is -0.495 e. The highest BCUT2D eigenvalue weighted by Crippen LogP contribution is 2.12. The Bertz CT molecular complexity index is 330. The van der Waals surface area contributed by atoms with Crippen molar-refractivity contribution < 1.29 is 9.53 Å². The van der Waals surface area contributed by atoms with Crippen LogP contribution < -0.4 is 5.32 Å². The predicted molar refractivity (Wildman–Crippen MR) is 55.2 cm³/mol. The number of benzene rings is 1. The summed E-state index contributed by atoms with van der Waals surface area (Å²) in [5.41, 5.74) is 0.934. The lowest BCUT2D eigenvalue weighted by atomic mass is 10.2. The molecule has 0 aliphatic heterocycles. The molecule has 0 fully saturated rings. The monoisotopic (exact) mass is 191 g/mol. The first-order chi connectivity index (χ1) is 6.74. The van der Waals surface area contributed by atoms with Crippen molar-refractivity contribution in [1.82, 2.24) is 5.32 Å². The fourth-order valence-corrected chi connectivity index (χ4v) is 1.03. The number of carbonyl (C=O) groups is 1. The van der Waals surface area contributed by atoms with E-state index in [1.807, 2.05) is 30.3 Å². The lowest BCUT2D eigenvalue weighted by molar-refractivity contribution is -0.118. The summed E-state index contributed by atoms with van der Waals surface area (Å²) in [6, 6.07) is 9.58. The first-order valence-corrected chi connectivity index (χ1v) is 4.30. The van der Waals surface area contributed by atoms with E-state index in [0.717, 1.165) is 5.56 Å². The Morgan fingerprint density at radius 2 is 2.00 bits per heavy atom. The number of amides is 1. The van der Waals surface area contributed by atoms with Gasteiger partial charge in [-0.05, 0) is 0 Å². The van der Waals surface area contributed by atoms with Gasteiger partial charge in [0.25, 0.3) is 0 Å². The first kappa shape index (κ1) is 10.3. The maximum absolute atomic E-state index is 10.7. The Morgan fingerprint density at radius 3 is 2.50 bits per heavy atom. The second-order valence-electron chi connectivity index (χ2n) is 2.78. The lowest BCUT2D eigenvalue weighted by Crippen LogP contribution is -2.12. The Hall–Kier alpha value is -1.77. The molecule has 74 valence electrons. The topological polar surface area (TPSA) is 38.3 Å². The lowest BCUT2D eigenvalue weighted by Gasteiger charge is -2.05. The quantitative estimate of drug-likeness (QED) is 0.739. The van der Waals surface area contributed by atoms with Crippen molar-refractivity contribution in [2.45, 2.75) is 6.92 Å². The SMILES string of the molecule is CO/C(=C/NC(C)=O)c1ccccc1. The van der Waals surface area contributed by atoms with E-state index in [0.29, 0.717) is 5.76 Å². The molecule has 1 rings (SSSR count).